The second-order valence-corrected chi connectivity index (χ2v) is 5.35. The predicted molar refractivity (Wildman–Crippen MR) is 81.4 cm³/mol. The zero-order chi connectivity index (χ0) is 13.0. The quantitative estimate of drug-likeness (QED) is 0.894. The zero-order valence-electron chi connectivity index (χ0n) is 10.4. The first-order valence-electron chi connectivity index (χ1n) is 6.09. The number of hydrogen-bond donors (Lipinski definition) is 2. The fraction of sp³-hybridized carbons (Fsp3) is 0.462. The van der Waals surface area contributed by atoms with Gasteiger partial charge in [-0.2, -0.15) is 0 Å². The van der Waals surface area contributed by atoms with Gasteiger partial charge in [-0.25, -0.2) is 0 Å². The summed E-state index contributed by atoms with van der Waals surface area (Å²) in [5, 5.41) is 7.38. The van der Waals surface area contributed by atoms with Crippen LogP contribution in [-0.4, -0.2) is 25.0 Å². The zero-order valence-corrected chi connectivity index (χ0v) is 12.7. The van der Waals surface area contributed by atoms with Crippen LogP contribution < -0.4 is 10.6 Å². The minimum Gasteiger partial charge on any atom is -0.354 e. The molecule has 2 N–H and O–H groups in total. The van der Waals surface area contributed by atoms with Crippen molar-refractivity contribution >= 4 is 41.5 Å². The van der Waals surface area contributed by atoms with Crippen LogP contribution in [0.2, 0.25) is 10.0 Å². The molecular formula is C13H17Cl3N2O. The summed E-state index contributed by atoms with van der Waals surface area (Å²) in [4.78, 5) is 11.8. The standard InChI is InChI=1S/C13H16Cl2N2O.ClH/c14-10-4-3-9(12(15)7-10)6-13(18)17-8-11-2-1-5-16-11;/h3-4,7,11,16H,1-2,5-6,8H2,(H,17,18);1H. The molecule has 0 radical (unpaired) electrons. The summed E-state index contributed by atoms with van der Waals surface area (Å²) < 4.78 is 0. The molecule has 0 saturated carbocycles. The Labute approximate surface area is 129 Å². The molecule has 3 nitrogen and oxygen atoms in total. The normalized spacial score (nSPS) is 17.9. The average molecular weight is 324 g/mol. The molecular weight excluding hydrogens is 307 g/mol. The van der Waals surface area contributed by atoms with Crippen molar-refractivity contribution in [2.24, 2.45) is 0 Å². The van der Waals surface area contributed by atoms with Crippen LogP contribution >= 0.6 is 35.6 Å². The third kappa shape index (κ3) is 5.19. The molecule has 1 aliphatic rings. The molecule has 2 rings (SSSR count). The van der Waals surface area contributed by atoms with Gasteiger partial charge in [-0.05, 0) is 37.1 Å². The summed E-state index contributed by atoms with van der Waals surface area (Å²) in [6.07, 6.45) is 2.61. The third-order valence-electron chi connectivity index (χ3n) is 3.07. The second kappa shape index (κ2) is 7.95. The topological polar surface area (TPSA) is 41.1 Å². The van der Waals surface area contributed by atoms with Crippen molar-refractivity contribution in [3.8, 4) is 0 Å². The van der Waals surface area contributed by atoms with E-state index in [0.717, 1.165) is 18.5 Å². The minimum absolute atomic E-state index is 0. The van der Waals surface area contributed by atoms with Crippen molar-refractivity contribution in [3.05, 3.63) is 33.8 Å². The van der Waals surface area contributed by atoms with Gasteiger partial charge < -0.3 is 10.6 Å². The molecule has 1 aliphatic heterocycles. The van der Waals surface area contributed by atoms with Gasteiger partial charge in [-0.15, -0.1) is 12.4 Å². The van der Waals surface area contributed by atoms with E-state index in [1.165, 1.54) is 6.42 Å². The van der Waals surface area contributed by atoms with Gasteiger partial charge >= 0.3 is 0 Å². The Morgan fingerprint density at radius 2 is 2.21 bits per heavy atom. The smallest absolute Gasteiger partial charge is 0.224 e. The number of carbonyl (C=O) groups excluding carboxylic acids is 1. The van der Waals surface area contributed by atoms with Crippen LogP contribution in [0.25, 0.3) is 0 Å². The van der Waals surface area contributed by atoms with Gasteiger partial charge in [-0.3, -0.25) is 4.79 Å². The van der Waals surface area contributed by atoms with Gasteiger partial charge in [-0.1, -0.05) is 29.3 Å². The maximum Gasteiger partial charge on any atom is 0.224 e. The summed E-state index contributed by atoms with van der Waals surface area (Å²) in [6, 6.07) is 5.60. The maximum absolute atomic E-state index is 11.8. The van der Waals surface area contributed by atoms with E-state index in [9.17, 15) is 4.79 Å². The Balaban J connectivity index is 0.00000180. The van der Waals surface area contributed by atoms with Crippen LogP contribution in [0, 0.1) is 0 Å². The summed E-state index contributed by atoms with van der Waals surface area (Å²) in [5.74, 6) is -0.00655. The van der Waals surface area contributed by atoms with E-state index in [4.69, 9.17) is 23.2 Å². The molecule has 6 heteroatoms. The van der Waals surface area contributed by atoms with Crippen molar-refractivity contribution in [2.45, 2.75) is 25.3 Å². The van der Waals surface area contributed by atoms with Crippen molar-refractivity contribution in [3.63, 3.8) is 0 Å². The largest absolute Gasteiger partial charge is 0.354 e. The Kier molecular flexibility index (Phi) is 6.94. The number of carbonyl (C=O) groups is 1. The van der Waals surface area contributed by atoms with Crippen molar-refractivity contribution in [1.29, 1.82) is 0 Å². The van der Waals surface area contributed by atoms with Crippen LogP contribution in [0.1, 0.15) is 18.4 Å². The fourth-order valence-electron chi connectivity index (χ4n) is 2.07. The monoisotopic (exact) mass is 322 g/mol. The molecule has 1 fully saturated rings. The molecule has 0 bridgehead atoms. The number of rotatable bonds is 4. The van der Waals surface area contributed by atoms with Gasteiger partial charge in [0.05, 0.1) is 6.42 Å². The van der Waals surface area contributed by atoms with E-state index in [1.807, 2.05) is 0 Å². The molecule has 1 saturated heterocycles. The van der Waals surface area contributed by atoms with E-state index in [0.29, 0.717) is 29.1 Å². The highest BCUT2D eigenvalue weighted by molar-refractivity contribution is 6.35. The second-order valence-electron chi connectivity index (χ2n) is 4.51. The Morgan fingerprint density at radius 1 is 1.42 bits per heavy atom. The molecule has 1 atom stereocenters. The lowest BCUT2D eigenvalue weighted by molar-refractivity contribution is -0.120. The first-order valence-corrected chi connectivity index (χ1v) is 6.85. The summed E-state index contributed by atoms with van der Waals surface area (Å²) in [6.45, 7) is 1.73. The Hall–Kier alpha value is -0.480. The van der Waals surface area contributed by atoms with Gasteiger partial charge in [0.1, 0.15) is 0 Å². The lowest BCUT2D eigenvalue weighted by Crippen LogP contribution is -2.37. The number of halogens is 3. The highest BCUT2D eigenvalue weighted by Gasteiger charge is 2.15. The van der Waals surface area contributed by atoms with E-state index < -0.39 is 0 Å². The van der Waals surface area contributed by atoms with E-state index in [-0.39, 0.29) is 18.3 Å². The van der Waals surface area contributed by atoms with Crippen molar-refractivity contribution < 1.29 is 4.79 Å². The summed E-state index contributed by atoms with van der Waals surface area (Å²) in [5.41, 5.74) is 0.804. The number of hydrogen-bond acceptors (Lipinski definition) is 2. The molecule has 19 heavy (non-hydrogen) atoms. The van der Waals surface area contributed by atoms with Crippen molar-refractivity contribution in [2.75, 3.05) is 13.1 Å². The van der Waals surface area contributed by atoms with E-state index in [2.05, 4.69) is 10.6 Å². The summed E-state index contributed by atoms with van der Waals surface area (Å²) >= 11 is 11.8. The summed E-state index contributed by atoms with van der Waals surface area (Å²) in [7, 11) is 0. The molecule has 106 valence electrons. The van der Waals surface area contributed by atoms with Gasteiger partial charge in [0.15, 0.2) is 0 Å². The predicted octanol–water partition coefficient (Wildman–Crippen LogP) is 2.83. The van der Waals surface area contributed by atoms with Crippen molar-refractivity contribution in [1.82, 2.24) is 10.6 Å². The lowest BCUT2D eigenvalue weighted by atomic mass is 10.1. The molecule has 1 aromatic rings. The molecule has 0 aliphatic carbocycles. The molecule has 0 aromatic heterocycles. The first kappa shape index (κ1) is 16.6. The highest BCUT2D eigenvalue weighted by Crippen LogP contribution is 2.21. The van der Waals surface area contributed by atoms with E-state index >= 15 is 0 Å². The number of nitrogens with one attached hydrogen (secondary N) is 2. The fourth-order valence-corrected chi connectivity index (χ4v) is 2.54. The van der Waals surface area contributed by atoms with Crippen LogP contribution in [-0.2, 0) is 11.2 Å². The Morgan fingerprint density at radius 3 is 2.84 bits per heavy atom. The Bertz CT molecular complexity index is 434. The van der Waals surface area contributed by atoms with Crippen LogP contribution in [0.4, 0.5) is 0 Å². The van der Waals surface area contributed by atoms with Crippen LogP contribution in [0.15, 0.2) is 18.2 Å². The minimum atomic E-state index is -0.00655. The molecule has 0 spiro atoms. The van der Waals surface area contributed by atoms with Crippen LogP contribution in [0.5, 0.6) is 0 Å². The van der Waals surface area contributed by atoms with Gasteiger partial charge in [0, 0.05) is 22.6 Å². The number of benzene rings is 1. The number of amides is 1. The lowest BCUT2D eigenvalue weighted by Gasteiger charge is -2.11. The van der Waals surface area contributed by atoms with Crippen LogP contribution in [0.3, 0.4) is 0 Å². The highest BCUT2D eigenvalue weighted by atomic mass is 35.5. The average Bonchev–Trinajstić information content (AvgIpc) is 2.83. The SMILES string of the molecule is Cl.O=C(Cc1ccc(Cl)cc1Cl)NCC1CCCN1. The van der Waals surface area contributed by atoms with Gasteiger partial charge in [0.2, 0.25) is 5.91 Å². The molecule has 1 aromatic carbocycles. The van der Waals surface area contributed by atoms with Gasteiger partial charge in [0.25, 0.3) is 0 Å². The maximum atomic E-state index is 11.8. The third-order valence-corrected chi connectivity index (χ3v) is 3.66. The molecule has 1 heterocycles. The molecule has 1 amide bonds. The first-order chi connectivity index (χ1) is 8.65. The molecule has 1 unspecified atom stereocenters. The van der Waals surface area contributed by atoms with E-state index in [1.54, 1.807) is 18.2 Å².